The molecule has 0 aliphatic heterocycles. The van der Waals surface area contributed by atoms with Crippen molar-refractivity contribution in [3.63, 3.8) is 0 Å². The molecule has 2 aliphatic rings. The van der Waals surface area contributed by atoms with E-state index in [4.69, 9.17) is 4.74 Å². The normalized spacial score (nSPS) is 26.6. The van der Waals surface area contributed by atoms with Crippen LogP contribution in [0, 0.1) is 5.41 Å². The van der Waals surface area contributed by atoms with Gasteiger partial charge < -0.3 is 4.74 Å². The van der Waals surface area contributed by atoms with Gasteiger partial charge in [0.15, 0.2) is 0 Å². The molecule has 0 saturated heterocycles. The average Bonchev–Trinajstić information content (AvgIpc) is 3.00. The standard InChI is InChI=1S/C20H26N2O2/c1-6-24-15-10-8-7-9-14(15)22-18(23)16-13-11-12-20(4,19(13,2)3)17(16)21(22)5/h7-10,13H,6,11-12H2,1-5H3/t13-,20+/m1/s1. The van der Waals surface area contributed by atoms with E-state index >= 15 is 0 Å². The molecule has 1 aromatic carbocycles. The Morgan fingerprint density at radius 2 is 1.96 bits per heavy atom. The molecule has 1 saturated carbocycles. The van der Waals surface area contributed by atoms with Crippen molar-refractivity contribution in [1.82, 2.24) is 9.36 Å². The van der Waals surface area contributed by atoms with Crippen molar-refractivity contribution in [1.29, 1.82) is 0 Å². The zero-order valence-corrected chi connectivity index (χ0v) is 15.2. The van der Waals surface area contributed by atoms with Crippen LogP contribution in [0.2, 0.25) is 0 Å². The molecule has 0 radical (unpaired) electrons. The number of para-hydroxylation sites is 2. The molecule has 2 aliphatic carbocycles. The number of benzene rings is 1. The SMILES string of the molecule is CCOc1ccccc1-n1c(=O)c2c(n1C)[C@]1(C)CC[C@H]2C1(C)C. The van der Waals surface area contributed by atoms with Crippen molar-refractivity contribution < 1.29 is 4.74 Å². The third-order valence-corrected chi connectivity index (χ3v) is 6.79. The fraction of sp³-hybridized carbons (Fsp3) is 0.550. The molecule has 0 unspecified atom stereocenters. The maximum atomic E-state index is 13.3. The number of hydrogen-bond donors (Lipinski definition) is 0. The maximum Gasteiger partial charge on any atom is 0.275 e. The Hall–Kier alpha value is -1.97. The predicted molar refractivity (Wildman–Crippen MR) is 95.3 cm³/mol. The highest BCUT2D eigenvalue weighted by atomic mass is 16.5. The van der Waals surface area contributed by atoms with E-state index in [-0.39, 0.29) is 16.4 Å². The molecule has 4 heteroatoms. The van der Waals surface area contributed by atoms with Crippen molar-refractivity contribution in [2.45, 2.75) is 51.9 Å². The van der Waals surface area contributed by atoms with E-state index < -0.39 is 0 Å². The molecule has 1 aromatic heterocycles. The minimum absolute atomic E-state index is 0.0622. The lowest BCUT2D eigenvalue weighted by atomic mass is 9.70. The summed E-state index contributed by atoms with van der Waals surface area (Å²) in [6.07, 6.45) is 2.27. The van der Waals surface area contributed by atoms with Gasteiger partial charge in [0, 0.05) is 18.0 Å². The van der Waals surface area contributed by atoms with Crippen LogP contribution in [0.25, 0.3) is 5.69 Å². The molecular formula is C20H26N2O2. The monoisotopic (exact) mass is 326 g/mol. The van der Waals surface area contributed by atoms with E-state index in [2.05, 4.69) is 25.5 Å². The van der Waals surface area contributed by atoms with Gasteiger partial charge in [-0.25, -0.2) is 4.68 Å². The first-order chi connectivity index (χ1) is 11.3. The second kappa shape index (κ2) is 4.78. The Balaban J connectivity index is 1.99. The second-order valence-corrected chi connectivity index (χ2v) is 7.95. The molecule has 1 heterocycles. The van der Waals surface area contributed by atoms with Crippen LogP contribution >= 0.6 is 0 Å². The van der Waals surface area contributed by atoms with Gasteiger partial charge in [-0.1, -0.05) is 32.9 Å². The zero-order valence-electron chi connectivity index (χ0n) is 15.2. The van der Waals surface area contributed by atoms with Crippen LogP contribution in [0.5, 0.6) is 5.75 Å². The number of nitrogens with zero attached hydrogens (tertiary/aromatic N) is 2. The van der Waals surface area contributed by atoms with Crippen LogP contribution in [0.4, 0.5) is 0 Å². The first kappa shape index (κ1) is 15.6. The largest absolute Gasteiger partial charge is 0.492 e. The summed E-state index contributed by atoms with van der Waals surface area (Å²) in [6, 6.07) is 7.81. The lowest BCUT2D eigenvalue weighted by Crippen LogP contribution is -2.35. The van der Waals surface area contributed by atoms with Crippen LogP contribution in [-0.4, -0.2) is 16.0 Å². The van der Waals surface area contributed by atoms with Gasteiger partial charge >= 0.3 is 0 Å². The highest BCUT2D eigenvalue weighted by molar-refractivity contribution is 5.51. The number of aromatic nitrogens is 2. The van der Waals surface area contributed by atoms with Crippen molar-refractivity contribution in [3.8, 4) is 11.4 Å². The molecule has 2 bridgehead atoms. The van der Waals surface area contributed by atoms with Gasteiger partial charge in [0.05, 0.1) is 12.3 Å². The van der Waals surface area contributed by atoms with Gasteiger partial charge in [0.2, 0.25) is 0 Å². The van der Waals surface area contributed by atoms with Crippen LogP contribution in [0.1, 0.15) is 57.7 Å². The maximum absolute atomic E-state index is 13.3. The fourth-order valence-corrected chi connectivity index (χ4v) is 5.20. The number of rotatable bonds is 3. The Bertz CT molecular complexity index is 874. The molecule has 4 rings (SSSR count). The summed E-state index contributed by atoms with van der Waals surface area (Å²) in [6.45, 7) is 9.53. The number of hydrogen-bond acceptors (Lipinski definition) is 2. The van der Waals surface area contributed by atoms with Gasteiger partial charge in [-0.2, -0.15) is 0 Å². The van der Waals surface area contributed by atoms with Crippen molar-refractivity contribution in [3.05, 3.63) is 45.9 Å². The van der Waals surface area contributed by atoms with Crippen LogP contribution in [0.3, 0.4) is 0 Å². The highest BCUT2D eigenvalue weighted by Gasteiger charge is 2.62. The summed E-state index contributed by atoms with van der Waals surface area (Å²) >= 11 is 0. The summed E-state index contributed by atoms with van der Waals surface area (Å²) in [5, 5.41) is 0. The third-order valence-electron chi connectivity index (χ3n) is 6.79. The lowest BCUT2D eigenvalue weighted by Gasteiger charge is -2.36. The minimum atomic E-state index is 0.0622. The average molecular weight is 326 g/mol. The molecule has 0 spiro atoms. The fourth-order valence-electron chi connectivity index (χ4n) is 5.20. The molecule has 1 fully saturated rings. The van der Waals surface area contributed by atoms with Crippen LogP contribution in [0.15, 0.2) is 29.1 Å². The first-order valence-electron chi connectivity index (χ1n) is 8.89. The van der Waals surface area contributed by atoms with E-state index in [1.165, 1.54) is 5.69 Å². The zero-order chi connectivity index (χ0) is 17.3. The summed E-state index contributed by atoms with van der Waals surface area (Å²) in [5.74, 6) is 1.12. The molecule has 2 atom stereocenters. The van der Waals surface area contributed by atoms with Crippen molar-refractivity contribution >= 4 is 0 Å². The predicted octanol–water partition coefficient (Wildman–Crippen LogP) is 3.75. The number of fused-ring (bicyclic) bond motifs is 5. The quantitative estimate of drug-likeness (QED) is 0.861. The van der Waals surface area contributed by atoms with Crippen molar-refractivity contribution in [2.75, 3.05) is 6.61 Å². The van der Waals surface area contributed by atoms with Gasteiger partial charge in [-0.3, -0.25) is 9.48 Å². The minimum Gasteiger partial charge on any atom is -0.492 e. The van der Waals surface area contributed by atoms with E-state index in [0.29, 0.717) is 12.5 Å². The summed E-state index contributed by atoms with van der Waals surface area (Å²) < 4.78 is 9.65. The van der Waals surface area contributed by atoms with Crippen LogP contribution in [-0.2, 0) is 12.5 Å². The molecular weight excluding hydrogens is 300 g/mol. The molecule has 4 nitrogen and oxygen atoms in total. The van der Waals surface area contributed by atoms with Crippen molar-refractivity contribution in [2.24, 2.45) is 12.5 Å². The third kappa shape index (κ3) is 1.61. The Kier molecular flexibility index (Phi) is 3.09. The summed E-state index contributed by atoms with van der Waals surface area (Å²) in [4.78, 5) is 13.3. The van der Waals surface area contributed by atoms with E-state index in [9.17, 15) is 4.79 Å². The smallest absolute Gasteiger partial charge is 0.275 e. The molecule has 24 heavy (non-hydrogen) atoms. The van der Waals surface area contributed by atoms with E-state index in [1.54, 1.807) is 0 Å². The summed E-state index contributed by atoms with van der Waals surface area (Å²) in [7, 11) is 2.02. The van der Waals surface area contributed by atoms with Gasteiger partial charge in [0.1, 0.15) is 11.4 Å². The second-order valence-electron chi connectivity index (χ2n) is 7.95. The number of ether oxygens (including phenoxy) is 1. The van der Waals surface area contributed by atoms with E-state index in [0.717, 1.165) is 29.8 Å². The molecule has 128 valence electrons. The molecule has 0 N–H and O–H groups in total. The van der Waals surface area contributed by atoms with E-state index in [1.807, 2.05) is 42.9 Å². The topological polar surface area (TPSA) is 36.2 Å². The van der Waals surface area contributed by atoms with Gasteiger partial charge in [0.25, 0.3) is 5.56 Å². The van der Waals surface area contributed by atoms with Gasteiger partial charge in [-0.05, 0) is 43.2 Å². The Morgan fingerprint density at radius 1 is 1.25 bits per heavy atom. The Labute approximate surface area is 143 Å². The van der Waals surface area contributed by atoms with Gasteiger partial charge in [-0.15, -0.1) is 0 Å². The highest BCUT2D eigenvalue weighted by Crippen LogP contribution is 2.66. The molecule has 2 aromatic rings. The first-order valence-corrected chi connectivity index (χ1v) is 8.89. The summed E-state index contributed by atoms with van der Waals surface area (Å²) in [5.41, 5.74) is 3.42. The molecule has 0 amide bonds. The lowest BCUT2D eigenvalue weighted by molar-refractivity contribution is 0.217. The van der Waals surface area contributed by atoms with Crippen LogP contribution < -0.4 is 10.3 Å². The Morgan fingerprint density at radius 3 is 2.62 bits per heavy atom.